The lowest BCUT2D eigenvalue weighted by Gasteiger charge is -2.06. The summed E-state index contributed by atoms with van der Waals surface area (Å²) >= 11 is 0. The molecule has 1 atom stereocenters. The highest BCUT2D eigenvalue weighted by Crippen LogP contribution is 2.25. The molecule has 0 bridgehead atoms. The van der Waals surface area contributed by atoms with Crippen LogP contribution >= 0.6 is 0 Å². The highest BCUT2D eigenvalue weighted by atomic mass is 16.5. The number of ether oxygens (including phenoxy) is 1. The largest absolute Gasteiger partial charge is 0.497 e. The van der Waals surface area contributed by atoms with Crippen molar-refractivity contribution in [1.82, 2.24) is 10.1 Å². The number of Topliss-reactive ketones (excluding diaryl/α,β-unsaturated/α-hetero) is 1. The minimum atomic E-state index is -0.0727. The van der Waals surface area contributed by atoms with Crippen LogP contribution in [0, 0.1) is 17.4 Å². The van der Waals surface area contributed by atoms with Crippen LogP contribution in [0.3, 0.4) is 0 Å². The van der Waals surface area contributed by atoms with Crippen molar-refractivity contribution in [2.45, 2.75) is 12.8 Å². The predicted molar refractivity (Wildman–Crippen MR) is 82.7 cm³/mol. The molecule has 1 aromatic heterocycles. The molecule has 0 unspecified atom stereocenters. The van der Waals surface area contributed by atoms with Gasteiger partial charge in [0.05, 0.1) is 7.11 Å². The zero-order chi connectivity index (χ0) is 16.2. The number of methoxy groups -OCH3 is 1. The molecule has 6 heteroatoms. The van der Waals surface area contributed by atoms with Crippen molar-refractivity contribution < 1.29 is 14.1 Å². The Kier molecular flexibility index (Phi) is 4.29. The molecule has 23 heavy (non-hydrogen) atoms. The molecule has 0 N–H and O–H groups in total. The second kappa shape index (κ2) is 6.53. The van der Waals surface area contributed by atoms with Crippen LogP contribution in [-0.2, 0) is 0 Å². The van der Waals surface area contributed by atoms with E-state index in [-0.39, 0.29) is 17.5 Å². The van der Waals surface area contributed by atoms with Gasteiger partial charge in [-0.15, -0.1) is 0 Å². The molecule has 3 rings (SSSR count). The van der Waals surface area contributed by atoms with Gasteiger partial charge < -0.3 is 14.2 Å². The van der Waals surface area contributed by atoms with Gasteiger partial charge in [-0.05, 0) is 24.5 Å². The molecule has 2 heterocycles. The van der Waals surface area contributed by atoms with Crippen molar-refractivity contribution >= 4 is 5.78 Å². The number of rotatable bonds is 5. The van der Waals surface area contributed by atoms with Crippen LogP contribution in [0.1, 0.15) is 23.4 Å². The molecule has 0 radical (unpaired) electrons. The van der Waals surface area contributed by atoms with Gasteiger partial charge in [0, 0.05) is 31.1 Å². The highest BCUT2D eigenvalue weighted by Gasteiger charge is 2.26. The maximum absolute atomic E-state index is 12.3. The summed E-state index contributed by atoms with van der Waals surface area (Å²) in [5.41, 5.74) is 1.45. The lowest BCUT2D eigenvalue weighted by molar-refractivity contribution is 0.0927. The van der Waals surface area contributed by atoms with E-state index in [2.05, 4.69) is 11.3 Å². The summed E-state index contributed by atoms with van der Waals surface area (Å²) in [6, 6.07) is 9.09. The Balaban J connectivity index is 1.69. The van der Waals surface area contributed by atoms with Crippen LogP contribution in [0.2, 0.25) is 0 Å². The summed E-state index contributed by atoms with van der Waals surface area (Å²) in [5.74, 6) is 1.11. The van der Waals surface area contributed by atoms with Gasteiger partial charge in [-0.25, -0.2) is 0 Å². The monoisotopic (exact) mass is 311 g/mol. The second-order valence-corrected chi connectivity index (χ2v) is 5.64. The zero-order valence-electron chi connectivity index (χ0n) is 12.9. The summed E-state index contributed by atoms with van der Waals surface area (Å²) in [4.78, 5) is 14.0. The summed E-state index contributed by atoms with van der Waals surface area (Å²) in [6.07, 6.45) is 3.35. The smallest absolute Gasteiger partial charge is 0.203 e. The summed E-state index contributed by atoms with van der Waals surface area (Å²) in [7, 11) is 1.60. The SMILES string of the molecule is COc1cccc(-c2cc(C(=O)C[C@@H]3CCN(C#N)C3)on2)c1. The third kappa shape index (κ3) is 3.34. The number of benzene rings is 1. The molecule has 118 valence electrons. The quantitative estimate of drug-likeness (QED) is 0.624. The minimum absolute atomic E-state index is 0.0727. The fraction of sp³-hybridized carbons (Fsp3) is 0.353. The third-order valence-corrected chi connectivity index (χ3v) is 4.05. The molecule has 1 aliphatic rings. The number of hydrogen-bond acceptors (Lipinski definition) is 6. The van der Waals surface area contributed by atoms with Gasteiger partial charge in [-0.2, -0.15) is 5.26 Å². The van der Waals surface area contributed by atoms with Gasteiger partial charge in [-0.3, -0.25) is 4.79 Å². The normalized spacial score (nSPS) is 17.0. The maximum atomic E-state index is 12.3. The van der Waals surface area contributed by atoms with Crippen LogP contribution in [0.4, 0.5) is 0 Å². The third-order valence-electron chi connectivity index (χ3n) is 4.05. The fourth-order valence-corrected chi connectivity index (χ4v) is 2.78. The van der Waals surface area contributed by atoms with Crippen molar-refractivity contribution in [3.63, 3.8) is 0 Å². The fourth-order valence-electron chi connectivity index (χ4n) is 2.78. The van der Waals surface area contributed by atoms with Gasteiger partial charge in [0.25, 0.3) is 0 Å². The Morgan fingerprint density at radius 1 is 1.52 bits per heavy atom. The molecule has 0 aliphatic carbocycles. The Hall–Kier alpha value is -2.81. The van der Waals surface area contributed by atoms with Gasteiger partial charge in [0.2, 0.25) is 11.5 Å². The summed E-state index contributed by atoms with van der Waals surface area (Å²) < 4.78 is 10.4. The number of ketones is 1. The molecule has 1 aromatic carbocycles. The molecule has 1 saturated heterocycles. The Morgan fingerprint density at radius 2 is 2.39 bits per heavy atom. The summed E-state index contributed by atoms with van der Waals surface area (Å²) in [6.45, 7) is 1.36. The lowest BCUT2D eigenvalue weighted by Crippen LogP contribution is -2.15. The number of likely N-dealkylation sites (tertiary alicyclic amines) is 1. The van der Waals surface area contributed by atoms with Gasteiger partial charge in [0.1, 0.15) is 11.4 Å². The summed E-state index contributed by atoms with van der Waals surface area (Å²) in [5, 5.41) is 12.8. The number of nitrogens with zero attached hydrogens (tertiary/aromatic N) is 3. The second-order valence-electron chi connectivity index (χ2n) is 5.64. The predicted octanol–water partition coefficient (Wildman–Crippen LogP) is 2.73. The van der Waals surface area contributed by atoms with Gasteiger partial charge in [-0.1, -0.05) is 17.3 Å². The molecular formula is C17H17N3O3. The Bertz CT molecular complexity index is 748. The van der Waals surface area contributed by atoms with Crippen LogP contribution in [0.5, 0.6) is 5.75 Å². The average Bonchev–Trinajstić information content (AvgIpc) is 3.24. The lowest BCUT2D eigenvalue weighted by atomic mass is 10.0. The van der Waals surface area contributed by atoms with E-state index in [0.29, 0.717) is 18.7 Å². The average molecular weight is 311 g/mol. The highest BCUT2D eigenvalue weighted by molar-refractivity contribution is 5.94. The Labute approximate surface area is 134 Å². The molecule has 0 saturated carbocycles. The van der Waals surface area contributed by atoms with Crippen molar-refractivity contribution in [3.05, 3.63) is 36.1 Å². The first-order valence-corrected chi connectivity index (χ1v) is 7.48. The van der Waals surface area contributed by atoms with E-state index in [9.17, 15) is 4.79 Å². The standard InChI is InChI=1S/C17H17N3O3/c1-22-14-4-2-3-13(8-14)15-9-17(23-19-15)16(21)7-12-5-6-20(10-12)11-18/h2-4,8-9,12H,5-7,10H2,1H3/t12-/m0/s1. The van der Waals surface area contributed by atoms with E-state index in [4.69, 9.17) is 14.5 Å². The van der Waals surface area contributed by atoms with E-state index in [1.54, 1.807) is 18.1 Å². The first-order chi connectivity index (χ1) is 11.2. The van der Waals surface area contributed by atoms with Gasteiger partial charge >= 0.3 is 0 Å². The van der Waals surface area contributed by atoms with E-state index in [1.807, 2.05) is 24.3 Å². The number of aromatic nitrogens is 1. The number of carbonyl (C=O) groups excluding carboxylic acids is 1. The number of carbonyl (C=O) groups is 1. The van der Waals surface area contributed by atoms with Gasteiger partial charge in [0.15, 0.2) is 6.19 Å². The van der Waals surface area contributed by atoms with E-state index in [1.165, 1.54) is 0 Å². The van der Waals surface area contributed by atoms with Crippen molar-refractivity contribution in [1.29, 1.82) is 5.26 Å². The zero-order valence-corrected chi connectivity index (χ0v) is 12.9. The minimum Gasteiger partial charge on any atom is -0.497 e. The first kappa shape index (κ1) is 15.1. The number of hydrogen-bond donors (Lipinski definition) is 0. The van der Waals surface area contributed by atoms with Crippen molar-refractivity contribution in [2.24, 2.45) is 5.92 Å². The molecule has 1 aliphatic heterocycles. The van der Waals surface area contributed by atoms with Crippen molar-refractivity contribution in [3.8, 4) is 23.2 Å². The van der Waals surface area contributed by atoms with E-state index >= 15 is 0 Å². The van der Waals surface area contributed by atoms with Crippen LogP contribution in [0.15, 0.2) is 34.9 Å². The number of nitriles is 1. The molecular weight excluding hydrogens is 294 g/mol. The van der Waals surface area contributed by atoms with E-state index in [0.717, 1.165) is 24.3 Å². The topological polar surface area (TPSA) is 79.4 Å². The molecule has 6 nitrogen and oxygen atoms in total. The molecule has 1 fully saturated rings. The maximum Gasteiger partial charge on any atom is 0.203 e. The first-order valence-electron chi connectivity index (χ1n) is 7.48. The Morgan fingerprint density at radius 3 is 3.13 bits per heavy atom. The molecule has 0 amide bonds. The van der Waals surface area contributed by atoms with Crippen LogP contribution in [0.25, 0.3) is 11.3 Å². The van der Waals surface area contributed by atoms with E-state index < -0.39 is 0 Å². The van der Waals surface area contributed by atoms with Crippen LogP contribution in [-0.4, -0.2) is 36.0 Å². The molecule has 0 spiro atoms. The molecule has 2 aromatic rings. The van der Waals surface area contributed by atoms with Crippen LogP contribution < -0.4 is 4.74 Å². The van der Waals surface area contributed by atoms with Crippen molar-refractivity contribution in [2.75, 3.05) is 20.2 Å².